The third-order valence-corrected chi connectivity index (χ3v) is 8.04. The Kier molecular flexibility index (Phi) is 10.2. The van der Waals surface area contributed by atoms with E-state index in [9.17, 15) is 9.59 Å². The number of hydrogen-bond donors (Lipinski definition) is 1. The van der Waals surface area contributed by atoms with Crippen molar-refractivity contribution < 1.29 is 14.3 Å². The number of nitrogens with zero attached hydrogens (tertiary/aromatic N) is 1. The van der Waals surface area contributed by atoms with Crippen molar-refractivity contribution in [1.29, 1.82) is 0 Å². The summed E-state index contributed by atoms with van der Waals surface area (Å²) >= 11 is 3.59. The maximum Gasteiger partial charge on any atom is 0.261 e. The summed E-state index contributed by atoms with van der Waals surface area (Å²) in [6.45, 7) is 6.48. The topological polar surface area (TPSA) is 58.6 Å². The highest BCUT2D eigenvalue weighted by Gasteiger charge is 2.32. The van der Waals surface area contributed by atoms with Crippen molar-refractivity contribution in [2.75, 3.05) is 6.61 Å². The third kappa shape index (κ3) is 8.18. The van der Waals surface area contributed by atoms with Crippen molar-refractivity contribution in [3.63, 3.8) is 0 Å². The highest BCUT2D eigenvalue weighted by molar-refractivity contribution is 9.10. The summed E-state index contributed by atoms with van der Waals surface area (Å²) in [6.07, 6.45) is 4.65. The fraction of sp³-hybridized carbons (Fsp3) is 0.394. The van der Waals surface area contributed by atoms with Crippen molar-refractivity contribution in [3.8, 4) is 5.75 Å². The highest BCUT2D eigenvalue weighted by atomic mass is 79.9. The van der Waals surface area contributed by atoms with Gasteiger partial charge in [0, 0.05) is 19.0 Å². The van der Waals surface area contributed by atoms with Gasteiger partial charge in [-0.2, -0.15) is 0 Å². The van der Waals surface area contributed by atoms with Gasteiger partial charge in [-0.05, 0) is 70.4 Å². The minimum atomic E-state index is -0.655. The van der Waals surface area contributed by atoms with E-state index in [4.69, 9.17) is 4.74 Å². The van der Waals surface area contributed by atoms with Crippen LogP contribution in [0.5, 0.6) is 5.75 Å². The zero-order valence-electron chi connectivity index (χ0n) is 23.2. The van der Waals surface area contributed by atoms with Crippen LogP contribution in [0.25, 0.3) is 0 Å². The van der Waals surface area contributed by atoms with Crippen LogP contribution in [0, 0.1) is 6.92 Å². The van der Waals surface area contributed by atoms with E-state index in [2.05, 4.69) is 35.1 Å². The van der Waals surface area contributed by atoms with Gasteiger partial charge in [-0.1, -0.05) is 92.9 Å². The SMILES string of the molecule is Cc1ccc(CN(C(=O)COc2ccc(C(C)C)cc2Br)[C@H](Cc2ccccc2)C(=O)NC2CCCC2)cc1. The summed E-state index contributed by atoms with van der Waals surface area (Å²) in [5, 5.41) is 3.25. The predicted molar refractivity (Wildman–Crippen MR) is 160 cm³/mol. The van der Waals surface area contributed by atoms with Crippen LogP contribution in [0.4, 0.5) is 0 Å². The molecule has 206 valence electrons. The summed E-state index contributed by atoms with van der Waals surface area (Å²) in [5.41, 5.74) is 4.32. The third-order valence-electron chi connectivity index (χ3n) is 7.42. The van der Waals surface area contributed by atoms with Crippen molar-refractivity contribution in [3.05, 3.63) is 99.5 Å². The molecule has 0 unspecified atom stereocenters. The van der Waals surface area contributed by atoms with Gasteiger partial charge in [0.05, 0.1) is 4.47 Å². The first-order valence-corrected chi connectivity index (χ1v) is 14.7. The summed E-state index contributed by atoms with van der Waals surface area (Å²) in [5.74, 6) is 0.670. The average molecular weight is 592 g/mol. The fourth-order valence-corrected chi connectivity index (χ4v) is 5.54. The van der Waals surface area contributed by atoms with E-state index in [-0.39, 0.29) is 24.5 Å². The maximum atomic E-state index is 13.9. The van der Waals surface area contributed by atoms with Gasteiger partial charge in [-0.15, -0.1) is 0 Å². The van der Waals surface area contributed by atoms with Crippen LogP contribution < -0.4 is 10.1 Å². The van der Waals surface area contributed by atoms with Crippen molar-refractivity contribution in [2.24, 2.45) is 0 Å². The molecule has 0 heterocycles. The lowest BCUT2D eigenvalue weighted by molar-refractivity contribution is -0.143. The minimum absolute atomic E-state index is 0.103. The summed E-state index contributed by atoms with van der Waals surface area (Å²) in [7, 11) is 0. The Labute approximate surface area is 241 Å². The zero-order chi connectivity index (χ0) is 27.8. The van der Waals surface area contributed by atoms with Crippen LogP contribution in [0.2, 0.25) is 0 Å². The van der Waals surface area contributed by atoms with E-state index in [1.165, 1.54) is 5.56 Å². The van der Waals surface area contributed by atoms with Crippen LogP contribution >= 0.6 is 15.9 Å². The molecule has 1 fully saturated rings. The molecule has 0 aliphatic heterocycles. The zero-order valence-corrected chi connectivity index (χ0v) is 24.7. The molecule has 1 saturated carbocycles. The van der Waals surface area contributed by atoms with E-state index >= 15 is 0 Å². The molecule has 3 aromatic carbocycles. The molecule has 0 radical (unpaired) electrons. The van der Waals surface area contributed by atoms with E-state index < -0.39 is 6.04 Å². The lowest BCUT2D eigenvalue weighted by atomic mass is 10.0. The number of benzene rings is 3. The maximum absolute atomic E-state index is 13.9. The lowest BCUT2D eigenvalue weighted by Gasteiger charge is -2.32. The molecule has 5 nitrogen and oxygen atoms in total. The molecule has 2 amide bonds. The van der Waals surface area contributed by atoms with Gasteiger partial charge < -0.3 is 15.0 Å². The molecule has 1 aliphatic carbocycles. The number of carbonyl (C=O) groups excluding carboxylic acids is 2. The Hall–Kier alpha value is -3.12. The minimum Gasteiger partial charge on any atom is -0.483 e. The smallest absolute Gasteiger partial charge is 0.261 e. The van der Waals surface area contributed by atoms with Gasteiger partial charge in [0.25, 0.3) is 5.91 Å². The van der Waals surface area contributed by atoms with Gasteiger partial charge in [-0.3, -0.25) is 9.59 Å². The lowest BCUT2D eigenvalue weighted by Crippen LogP contribution is -2.53. The van der Waals surface area contributed by atoms with Gasteiger partial charge >= 0.3 is 0 Å². The molecule has 1 aliphatic rings. The van der Waals surface area contributed by atoms with E-state index in [1.807, 2.05) is 79.7 Å². The van der Waals surface area contributed by atoms with E-state index in [1.54, 1.807) is 4.90 Å². The van der Waals surface area contributed by atoms with Crippen molar-refractivity contribution in [1.82, 2.24) is 10.2 Å². The van der Waals surface area contributed by atoms with Crippen molar-refractivity contribution in [2.45, 2.75) is 77.4 Å². The van der Waals surface area contributed by atoms with Crippen LogP contribution in [0.15, 0.2) is 77.3 Å². The standard InChI is InChI=1S/C33H39BrN2O3/c1-23(2)27-17-18-31(29(34)20-27)39-22-32(37)36(21-26-15-13-24(3)14-16-26)30(19-25-9-5-4-6-10-25)33(38)35-28-11-7-8-12-28/h4-6,9-10,13-18,20,23,28,30H,7-8,11-12,19,21-22H2,1-3H3,(H,35,38)/t30-/m1/s1. The Morgan fingerprint density at radius 3 is 2.31 bits per heavy atom. The number of amides is 2. The molecule has 4 rings (SSSR count). The first kappa shape index (κ1) is 28.9. The molecule has 6 heteroatoms. The quantitative estimate of drug-likeness (QED) is 0.262. The van der Waals surface area contributed by atoms with Gasteiger partial charge in [0.1, 0.15) is 11.8 Å². The summed E-state index contributed by atoms with van der Waals surface area (Å²) in [6, 6.07) is 23.5. The molecule has 1 atom stereocenters. The van der Waals surface area contributed by atoms with Gasteiger partial charge in [0.2, 0.25) is 5.91 Å². The summed E-state index contributed by atoms with van der Waals surface area (Å²) < 4.78 is 6.83. The van der Waals surface area contributed by atoms with Crippen LogP contribution in [0.3, 0.4) is 0 Å². The fourth-order valence-electron chi connectivity index (χ4n) is 5.03. The number of ether oxygens (including phenoxy) is 1. The molecule has 0 bridgehead atoms. The van der Waals surface area contributed by atoms with Crippen LogP contribution in [0.1, 0.15) is 67.7 Å². The number of aryl methyl sites for hydroxylation is 1. The molecule has 0 aromatic heterocycles. The number of rotatable bonds is 11. The van der Waals surface area contributed by atoms with E-state index in [0.717, 1.165) is 46.8 Å². The first-order chi connectivity index (χ1) is 18.8. The normalized spacial score (nSPS) is 14.3. The monoisotopic (exact) mass is 590 g/mol. The average Bonchev–Trinajstić information content (AvgIpc) is 3.44. The summed E-state index contributed by atoms with van der Waals surface area (Å²) in [4.78, 5) is 29.3. The van der Waals surface area contributed by atoms with E-state index in [0.29, 0.717) is 24.6 Å². The van der Waals surface area contributed by atoms with Crippen molar-refractivity contribution >= 4 is 27.7 Å². The molecular weight excluding hydrogens is 552 g/mol. The Balaban J connectivity index is 1.60. The Morgan fingerprint density at radius 1 is 0.974 bits per heavy atom. The number of hydrogen-bond acceptors (Lipinski definition) is 3. The molecule has 0 spiro atoms. The number of carbonyl (C=O) groups is 2. The number of nitrogens with one attached hydrogen (secondary N) is 1. The molecule has 1 N–H and O–H groups in total. The Morgan fingerprint density at radius 2 is 1.67 bits per heavy atom. The van der Waals surface area contributed by atoms with Gasteiger partial charge in [-0.25, -0.2) is 0 Å². The highest BCUT2D eigenvalue weighted by Crippen LogP contribution is 2.29. The molecule has 39 heavy (non-hydrogen) atoms. The largest absolute Gasteiger partial charge is 0.483 e. The number of halogens is 1. The Bertz CT molecular complexity index is 1240. The molecular formula is C33H39BrN2O3. The molecule has 3 aromatic rings. The van der Waals surface area contributed by atoms with Crippen LogP contribution in [-0.4, -0.2) is 35.4 Å². The molecule has 0 saturated heterocycles. The van der Waals surface area contributed by atoms with Gasteiger partial charge in [0.15, 0.2) is 6.61 Å². The second-order valence-electron chi connectivity index (χ2n) is 10.8. The first-order valence-electron chi connectivity index (χ1n) is 13.9. The van der Waals surface area contributed by atoms with Crippen LogP contribution in [-0.2, 0) is 22.6 Å². The predicted octanol–water partition coefficient (Wildman–Crippen LogP) is 6.96. The second-order valence-corrected chi connectivity index (χ2v) is 11.7. The second kappa shape index (κ2) is 13.8.